The Labute approximate surface area is 173 Å². The summed E-state index contributed by atoms with van der Waals surface area (Å²) in [6, 6.07) is 7.33. The zero-order chi connectivity index (χ0) is 21.0. The quantitative estimate of drug-likeness (QED) is 0.742. The van der Waals surface area contributed by atoms with Gasteiger partial charge in [0.1, 0.15) is 22.5 Å². The molecule has 0 saturated heterocycles. The Morgan fingerprint density at radius 1 is 1.24 bits per heavy atom. The smallest absolute Gasteiger partial charge is 0.216 e. The first-order valence-electron chi connectivity index (χ1n) is 9.37. The van der Waals surface area contributed by atoms with Crippen molar-refractivity contribution in [2.75, 3.05) is 6.54 Å². The Balaban J connectivity index is 1.95. The summed E-state index contributed by atoms with van der Waals surface area (Å²) in [6.45, 7) is 6.43. The maximum atomic E-state index is 13.8. The van der Waals surface area contributed by atoms with E-state index < -0.39 is 17.2 Å². The molecule has 1 aromatic carbocycles. The molecule has 2 unspecified atom stereocenters. The van der Waals surface area contributed by atoms with E-state index in [0.717, 1.165) is 11.6 Å². The second-order valence-electron chi connectivity index (χ2n) is 7.40. The molecule has 1 aromatic heterocycles. The van der Waals surface area contributed by atoms with Crippen LogP contribution in [0, 0.1) is 17.6 Å². The normalized spacial score (nSPS) is 21.0. The Morgan fingerprint density at radius 2 is 1.90 bits per heavy atom. The predicted octanol–water partition coefficient (Wildman–Crippen LogP) is 3.85. The number of nitrogens with zero attached hydrogens (tertiary/aromatic N) is 3. The molecule has 2 heterocycles. The van der Waals surface area contributed by atoms with Gasteiger partial charge in [0.15, 0.2) is 0 Å². The lowest BCUT2D eigenvalue weighted by atomic mass is 9.86. The summed E-state index contributed by atoms with van der Waals surface area (Å²) < 4.78 is 27.6. The number of hydrogen-bond acceptors (Lipinski definition) is 5. The molecule has 154 valence electrons. The number of aliphatic imine (C=N–C) groups is 1. The largest absolute Gasteiger partial charge is 0.354 e. The molecule has 2 aromatic rings. The minimum Gasteiger partial charge on any atom is -0.354 e. The van der Waals surface area contributed by atoms with Crippen LogP contribution < -0.4 is 5.32 Å². The van der Waals surface area contributed by atoms with E-state index >= 15 is 0 Å². The number of amides is 1. The highest BCUT2D eigenvalue weighted by Crippen LogP contribution is 2.43. The van der Waals surface area contributed by atoms with Gasteiger partial charge in [0, 0.05) is 43.4 Å². The number of benzene rings is 1. The standard InChI is InChI=1S/C21H24F2N4OS/c1-14(2)21(12-25-15(3)28)20(29-19-9-17(22)8-18(23)10-19)27(13-26-21)11-16-4-6-24-7-5-16/h4-10,13-14,20H,11-12H2,1-3H3,(H,25,28). The monoisotopic (exact) mass is 418 g/mol. The summed E-state index contributed by atoms with van der Waals surface area (Å²) in [5.41, 5.74) is 0.396. The molecule has 0 radical (unpaired) electrons. The van der Waals surface area contributed by atoms with Gasteiger partial charge in [0.25, 0.3) is 0 Å². The number of carbonyl (C=O) groups excluding carboxylic acids is 1. The third-order valence-electron chi connectivity index (χ3n) is 4.99. The van der Waals surface area contributed by atoms with E-state index in [9.17, 15) is 13.6 Å². The summed E-state index contributed by atoms with van der Waals surface area (Å²) in [4.78, 5) is 23.0. The zero-order valence-electron chi connectivity index (χ0n) is 16.6. The van der Waals surface area contributed by atoms with Crippen LogP contribution in [-0.4, -0.2) is 39.6 Å². The minimum atomic E-state index is -0.647. The molecule has 1 amide bonds. The average Bonchev–Trinajstić information content (AvgIpc) is 2.99. The Kier molecular flexibility index (Phi) is 6.52. The van der Waals surface area contributed by atoms with Crippen molar-refractivity contribution in [1.82, 2.24) is 15.2 Å². The molecule has 3 rings (SSSR count). The van der Waals surface area contributed by atoms with Crippen LogP contribution in [0.3, 0.4) is 0 Å². The molecule has 1 N–H and O–H groups in total. The van der Waals surface area contributed by atoms with Gasteiger partial charge in [-0.2, -0.15) is 0 Å². The summed E-state index contributed by atoms with van der Waals surface area (Å²) >= 11 is 1.35. The SMILES string of the molecule is CC(=O)NCC1(C(C)C)N=CN(Cc2ccncc2)C1Sc1cc(F)cc(F)c1. The highest BCUT2D eigenvalue weighted by molar-refractivity contribution is 8.00. The van der Waals surface area contributed by atoms with Gasteiger partial charge in [0.05, 0.1) is 6.34 Å². The minimum absolute atomic E-state index is 0.0731. The van der Waals surface area contributed by atoms with Gasteiger partial charge in [0.2, 0.25) is 5.91 Å². The maximum Gasteiger partial charge on any atom is 0.216 e. The fraction of sp³-hybridized carbons (Fsp3) is 0.381. The number of rotatable bonds is 7. The van der Waals surface area contributed by atoms with Crippen LogP contribution in [0.15, 0.2) is 52.6 Å². The summed E-state index contributed by atoms with van der Waals surface area (Å²) in [7, 11) is 0. The fourth-order valence-corrected chi connectivity index (χ4v) is 4.85. The second kappa shape index (κ2) is 8.90. The first-order valence-corrected chi connectivity index (χ1v) is 10.3. The van der Waals surface area contributed by atoms with Crippen LogP contribution in [0.25, 0.3) is 0 Å². The number of hydrogen-bond donors (Lipinski definition) is 1. The average molecular weight is 419 g/mol. The van der Waals surface area contributed by atoms with Crippen molar-refractivity contribution in [3.63, 3.8) is 0 Å². The molecule has 1 aliphatic heterocycles. The van der Waals surface area contributed by atoms with Crippen molar-refractivity contribution in [1.29, 1.82) is 0 Å². The molecule has 0 fully saturated rings. The van der Waals surface area contributed by atoms with Gasteiger partial charge in [-0.3, -0.25) is 14.8 Å². The van der Waals surface area contributed by atoms with E-state index in [1.54, 1.807) is 18.7 Å². The highest BCUT2D eigenvalue weighted by Gasteiger charge is 2.48. The Bertz CT molecular complexity index is 873. The van der Waals surface area contributed by atoms with E-state index in [-0.39, 0.29) is 17.2 Å². The summed E-state index contributed by atoms with van der Waals surface area (Å²) in [5.74, 6) is -1.31. The second-order valence-corrected chi connectivity index (χ2v) is 8.56. The zero-order valence-corrected chi connectivity index (χ0v) is 17.4. The fourth-order valence-electron chi connectivity index (χ4n) is 3.35. The molecule has 29 heavy (non-hydrogen) atoms. The molecule has 8 heteroatoms. The van der Waals surface area contributed by atoms with Crippen molar-refractivity contribution in [2.45, 2.75) is 43.1 Å². The van der Waals surface area contributed by atoms with Crippen molar-refractivity contribution in [3.05, 3.63) is 59.9 Å². The van der Waals surface area contributed by atoms with Crippen LogP contribution in [-0.2, 0) is 11.3 Å². The molecule has 1 aliphatic rings. The molecule has 0 saturated carbocycles. The van der Waals surface area contributed by atoms with E-state index in [1.807, 2.05) is 30.9 Å². The van der Waals surface area contributed by atoms with Gasteiger partial charge in [-0.1, -0.05) is 25.6 Å². The third kappa shape index (κ3) is 4.93. The van der Waals surface area contributed by atoms with Gasteiger partial charge < -0.3 is 10.2 Å². The number of halogens is 2. The first-order chi connectivity index (χ1) is 13.8. The molecule has 2 atom stereocenters. The van der Waals surface area contributed by atoms with E-state index in [0.29, 0.717) is 18.0 Å². The summed E-state index contributed by atoms with van der Waals surface area (Å²) in [6.07, 6.45) is 5.22. The van der Waals surface area contributed by atoms with Crippen molar-refractivity contribution in [2.24, 2.45) is 10.9 Å². The number of carbonyl (C=O) groups is 1. The number of thioether (sulfide) groups is 1. The molecule has 0 aliphatic carbocycles. The van der Waals surface area contributed by atoms with Gasteiger partial charge in [-0.15, -0.1) is 0 Å². The van der Waals surface area contributed by atoms with Crippen molar-refractivity contribution >= 4 is 24.0 Å². The molecule has 5 nitrogen and oxygen atoms in total. The number of nitrogens with one attached hydrogen (secondary N) is 1. The third-order valence-corrected chi connectivity index (χ3v) is 6.40. The summed E-state index contributed by atoms with van der Waals surface area (Å²) in [5, 5.41) is 2.62. The van der Waals surface area contributed by atoms with Gasteiger partial charge >= 0.3 is 0 Å². The van der Waals surface area contributed by atoms with Crippen LogP contribution in [0.4, 0.5) is 8.78 Å². The molecule has 0 spiro atoms. The molecular formula is C21H24F2N4OS. The van der Waals surface area contributed by atoms with Crippen LogP contribution in [0.2, 0.25) is 0 Å². The number of pyridine rings is 1. The predicted molar refractivity (Wildman–Crippen MR) is 111 cm³/mol. The van der Waals surface area contributed by atoms with E-state index in [1.165, 1.54) is 30.8 Å². The van der Waals surface area contributed by atoms with Crippen LogP contribution in [0.1, 0.15) is 26.3 Å². The molecule has 0 bridgehead atoms. The van der Waals surface area contributed by atoms with Crippen molar-refractivity contribution < 1.29 is 13.6 Å². The topological polar surface area (TPSA) is 57.6 Å². The lowest BCUT2D eigenvalue weighted by Crippen LogP contribution is -2.53. The van der Waals surface area contributed by atoms with Gasteiger partial charge in [-0.05, 0) is 35.7 Å². The Morgan fingerprint density at radius 3 is 2.48 bits per heavy atom. The lowest BCUT2D eigenvalue weighted by Gasteiger charge is -2.39. The van der Waals surface area contributed by atoms with Crippen molar-refractivity contribution in [3.8, 4) is 0 Å². The van der Waals surface area contributed by atoms with Crippen LogP contribution in [0.5, 0.6) is 0 Å². The van der Waals surface area contributed by atoms with Gasteiger partial charge in [-0.25, -0.2) is 8.78 Å². The van der Waals surface area contributed by atoms with Crippen LogP contribution >= 0.6 is 11.8 Å². The van der Waals surface area contributed by atoms with E-state index in [4.69, 9.17) is 4.99 Å². The number of aromatic nitrogens is 1. The lowest BCUT2D eigenvalue weighted by molar-refractivity contribution is -0.119. The molecular weight excluding hydrogens is 394 g/mol. The maximum absolute atomic E-state index is 13.8. The van der Waals surface area contributed by atoms with E-state index in [2.05, 4.69) is 10.3 Å². The first kappa shape index (κ1) is 21.2. The Hall–Kier alpha value is -2.48. The highest BCUT2D eigenvalue weighted by atomic mass is 32.2.